The van der Waals surface area contributed by atoms with Crippen LogP contribution in [0.1, 0.15) is 25.7 Å². The van der Waals surface area contributed by atoms with Gasteiger partial charge < -0.3 is 25.7 Å². The van der Waals surface area contributed by atoms with Gasteiger partial charge in [-0.15, -0.1) is 0 Å². The van der Waals surface area contributed by atoms with Gasteiger partial charge in [0.2, 0.25) is 11.8 Å². The van der Waals surface area contributed by atoms with Crippen molar-refractivity contribution in [3.05, 3.63) is 78.5 Å². The minimum Gasteiger partial charge on any atom is -0.493 e. The van der Waals surface area contributed by atoms with E-state index in [0.717, 1.165) is 18.9 Å². The number of primary amides is 1. The molecule has 4 N–H and O–H groups in total. The molecule has 1 aromatic heterocycles. The minimum absolute atomic E-state index is 0.119. The molecule has 3 aromatic carbocycles. The Morgan fingerprint density at radius 1 is 0.905 bits per heavy atom. The number of fused-ring (bicyclic) bond motifs is 1. The van der Waals surface area contributed by atoms with Gasteiger partial charge in [0.1, 0.15) is 23.6 Å². The molecule has 2 fully saturated rings. The van der Waals surface area contributed by atoms with Crippen molar-refractivity contribution in [2.45, 2.75) is 31.2 Å². The summed E-state index contributed by atoms with van der Waals surface area (Å²) in [7, 11) is 1.51. The molecule has 9 nitrogen and oxygen atoms in total. The van der Waals surface area contributed by atoms with Gasteiger partial charge in [-0.05, 0) is 74.2 Å². The van der Waals surface area contributed by atoms with E-state index in [9.17, 15) is 14.0 Å². The number of aromatic nitrogens is 1. The number of benzene rings is 3. The number of carbonyl (C=O) groups excluding carboxylic acids is 2. The predicted octanol–water partition coefficient (Wildman–Crippen LogP) is 5.11. The zero-order chi connectivity index (χ0) is 29.6. The monoisotopic (exact) mass is 574 g/mol. The topological polar surface area (TPSA) is 130 Å². The Morgan fingerprint density at radius 3 is 2.24 bits per heavy atom. The maximum atomic E-state index is 15.6. The third kappa shape index (κ3) is 5.07. The van der Waals surface area contributed by atoms with Crippen LogP contribution in [0.4, 0.5) is 20.2 Å². The third-order valence-electron chi connectivity index (χ3n) is 7.71. The molecular formula is C31H28F2N4O5. The summed E-state index contributed by atoms with van der Waals surface area (Å²) in [5.74, 6) is -1.54. The Hall–Kier alpha value is -4.77. The SMILES string of the molecule is COc1cc2c(Oc3ccc(N(C(=O)C4(C(N)=O)CC4)c4ccc(F)cc4)cc3F)ccnc2cc1OCC1(N)CC1. The van der Waals surface area contributed by atoms with Crippen LogP contribution in [0.25, 0.3) is 10.9 Å². The number of hydrogen-bond donors (Lipinski definition) is 2. The van der Waals surface area contributed by atoms with Gasteiger partial charge in [-0.25, -0.2) is 8.78 Å². The number of pyridine rings is 1. The second-order valence-electron chi connectivity index (χ2n) is 10.8. The fraction of sp³-hybridized carbons (Fsp3) is 0.258. The van der Waals surface area contributed by atoms with Gasteiger partial charge >= 0.3 is 0 Å². The van der Waals surface area contributed by atoms with Crippen molar-refractivity contribution < 1.29 is 32.6 Å². The molecule has 0 radical (unpaired) electrons. The van der Waals surface area contributed by atoms with Gasteiger partial charge in [-0.2, -0.15) is 0 Å². The zero-order valence-electron chi connectivity index (χ0n) is 22.7. The lowest BCUT2D eigenvalue weighted by Crippen LogP contribution is -2.41. The summed E-state index contributed by atoms with van der Waals surface area (Å²) in [6.07, 6.45) is 3.87. The molecule has 0 aliphatic heterocycles. The summed E-state index contributed by atoms with van der Waals surface area (Å²) in [4.78, 5) is 31.2. The van der Waals surface area contributed by atoms with Crippen molar-refractivity contribution in [2.75, 3.05) is 18.6 Å². The van der Waals surface area contributed by atoms with Gasteiger partial charge in [0.05, 0.1) is 23.9 Å². The normalized spacial score (nSPS) is 16.0. The molecule has 42 heavy (non-hydrogen) atoms. The van der Waals surface area contributed by atoms with Gasteiger partial charge in [0.25, 0.3) is 0 Å². The fourth-order valence-electron chi connectivity index (χ4n) is 4.72. The van der Waals surface area contributed by atoms with Crippen molar-refractivity contribution in [1.29, 1.82) is 0 Å². The number of carbonyl (C=O) groups is 2. The fourth-order valence-corrected chi connectivity index (χ4v) is 4.72. The summed E-state index contributed by atoms with van der Waals surface area (Å²) < 4.78 is 46.6. The van der Waals surface area contributed by atoms with Crippen LogP contribution in [-0.2, 0) is 9.59 Å². The molecule has 1 heterocycles. The number of halogens is 2. The Morgan fingerprint density at radius 2 is 1.62 bits per heavy atom. The highest BCUT2D eigenvalue weighted by molar-refractivity contribution is 6.16. The van der Waals surface area contributed by atoms with E-state index < -0.39 is 28.9 Å². The third-order valence-corrected chi connectivity index (χ3v) is 7.71. The molecule has 2 aliphatic rings. The summed E-state index contributed by atoms with van der Waals surface area (Å²) in [5, 5.41) is 0.555. The van der Waals surface area contributed by atoms with E-state index >= 15 is 4.39 Å². The van der Waals surface area contributed by atoms with Crippen LogP contribution in [0.5, 0.6) is 23.0 Å². The molecule has 2 amide bonds. The molecule has 2 aliphatic carbocycles. The number of rotatable bonds is 10. The molecule has 11 heteroatoms. The van der Waals surface area contributed by atoms with Crippen LogP contribution < -0.4 is 30.6 Å². The maximum Gasteiger partial charge on any atom is 0.247 e. The van der Waals surface area contributed by atoms with E-state index in [1.165, 1.54) is 54.6 Å². The van der Waals surface area contributed by atoms with E-state index in [2.05, 4.69) is 4.98 Å². The number of nitrogens with two attached hydrogens (primary N) is 2. The lowest BCUT2D eigenvalue weighted by Gasteiger charge is -2.26. The van der Waals surface area contributed by atoms with Crippen LogP contribution in [0, 0.1) is 17.0 Å². The quantitative estimate of drug-likeness (QED) is 0.252. The second kappa shape index (κ2) is 10.3. The van der Waals surface area contributed by atoms with Crippen molar-refractivity contribution in [3.8, 4) is 23.0 Å². The van der Waals surface area contributed by atoms with Gasteiger partial charge in [-0.1, -0.05) is 0 Å². The molecule has 4 aromatic rings. The number of anilines is 2. The van der Waals surface area contributed by atoms with Crippen LogP contribution in [0.3, 0.4) is 0 Å². The first kappa shape index (κ1) is 27.4. The lowest BCUT2D eigenvalue weighted by molar-refractivity contribution is -0.133. The zero-order valence-corrected chi connectivity index (χ0v) is 22.7. The number of methoxy groups -OCH3 is 1. The standard InChI is InChI=1S/C31H28F2N4O5/c1-40-26-15-21-23(16-27(26)41-17-30(35)9-10-30)36-13-8-24(21)42-25-7-6-20(14-22(25)33)37(19-4-2-18(32)3-5-19)29(39)31(11-12-31)28(34)38/h2-8,13-16H,9-12,17,35H2,1H3,(H2,34,38). The number of nitrogens with zero attached hydrogens (tertiary/aromatic N) is 2. The summed E-state index contributed by atoms with van der Waals surface area (Å²) >= 11 is 0. The Labute approximate surface area is 240 Å². The molecule has 0 spiro atoms. The lowest BCUT2D eigenvalue weighted by atomic mass is 10.0. The molecule has 0 atom stereocenters. The van der Waals surface area contributed by atoms with Crippen molar-refractivity contribution in [2.24, 2.45) is 16.9 Å². The van der Waals surface area contributed by atoms with Gasteiger partial charge in [0.15, 0.2) is 23.1 Å². The predicted molar refractivity (Wildman–Crippen MR) is 151 cm³/mol. The van der Waals surface area contributed by atoms with Crippen molar-refractivity contribution in [3.63, 3.8) is 0 Å². The van der Waals surface area contributed by atoms with Crippen LogP contribution in [0.15, 0.2) is 66.9 Å². The van der Waals surface area contributed by atoms with Crippen LogP contribution in [0.2, 0.25) is 0 Å². The first-order valence-electron chi connectivity index (χ1n) is 13.4. The highest BCUT2D eigenvalue weighted by Gasteiger charge is 2.57. The van der Waals surface area contributed by atoms with E-state index in [1.807, 2.05) is 0 Å². The van der Waals surface area contributed by atoms with E-state index in [-0.39, 0.29) is 35.5 Å². The average molecular weight is 575 g/mol. The largest absolute Gasteiger partial charge is 0.493 e. The molecule has 2 saturated carbocycles. The Bertz CT molecular complexity index is 1700. The molecule has 0 bridgehead atoms. The summed E-state index contributed by atoms with van der Waals surface area (Å²) in [6, 6.07) is 14.1. The first-order chi connectivity index (χ1) is 20.1. The van der Waals surface area contributed by atoms with Crippen LogP contribution in [-0.4, -0.2) is 36.1 Å². The average Bonchev–Trinajstić information content (AvgIpc) is 3.91. The number of amides is 2. The highest BCUT2D eigenvalue weighted by Crippen LogP contribution is 2.49. The molecule has 6 rings (SSSR count). The molecule has 216 valence electrons. The Balaban J connectivity index is 1.32. The van der Waals surface area contributed by atoms with Crippen molar-refractivity contribution >= 4 is 34.1 Å². The van der Waals surface area contributed by atoms with E-state index in [0.29, 0.717) is 34.8 Å². The van der Waals surface area contributed by atoms with Crippen molar-refractivity contribution in [1.82, 2.24) is 4.98 Å². The van der Waals surface area contributed by atoms with Gasteiger partial charge in [0, 0.05) is 29.4 Å². The second-order valence-corrected chi connectivity index (χ2v) is 10.8. The van der Waals surface area contributed by atoms with E-state index in [1.54, 1.807) is 18.2 Å². The molecular weight excluding hydrogens is 546 g/mol. The molecule has 0 saturated heterocycles. The Kier molecular flexibility index (Phi) is 6.69. The van der Waals surface area contributed by atoms with Crippen LogP contribution >= 0.6 is 0 Å². The summed E-state index contributed by atoms with van der Waals surface area (Å²) in [5.41, 5.74) is 10.9. The number of hydrogen-bond acceptors (Lipinski definition) is 7. The maximum absolute atomic E-state index is 15.6. The molecule has 0 unspecified atom stereocenters. The van der Waals surface area contributed by atoms with E-state index in [4.69, 9.17) is 25.7 Å². The first-order valence-corrected chi connectivity index (χ1v) is 13.4. The van der Waals surface area contributed by atoms with Gasteiger partial charge in [-0.3, -0.25) is 19.5 Å². The summed E-state index contributed by atoms with van der Waals surface area (Å²) in [6.45, 7) is 0.348. The minimum atomic E-state index is -1.39. The smallest absolute Gasteiger partial charge is 0.247 e. The number of ether oxygens (including phenoxy) is 3. The highest BCUT2D eigenvalue weighted by atomic mass is 19.1.